The van der Waals surface area contributed by atoms with Crippen LogP contribution < -0.4 is 10.2 Å². The highest BCUT2D eigenvalue weighted by molar-refractivity contribution is 6.06. The van der Waals surface area contributed by atoms with Gasteiger partial charge in [-0.15, -0.1) is 0 Å². The number of halogens is 3. The van der Waals surface area contributed by atoms with Crippen molar-refractivity contribution in [3.63, 3.8) is 0 Å². The molecule has 1 saturated heterocycles. The van der Waals surface area contributed by atoms with Crippen molar-refractivity contribution in [1.29, 1.82) is 0 Å². The number of carbonyl (C=O) groups excluding carboxylic acids is 1. The second-order valence-electron chi connectivity index (χ2n) is 6.76. The van der Waals surface area contributed by atoms with Crippen molar-refractivity contribution in [3.8, 4) is 11.3 Å². The zero-order chi connectivity index (χ0) is 20.5. The van der Waals surface area contributed by atoms with Crippen molar-refractivity contribution in [2.45, 2.75) is 12.6 Å². The molecule has 2 aromatic heterocycles. The fourth-order valence-corrected chi connectivity index (χ4v) is 3.23. The van der Waals surface area contributed by atoms with Crippen LogP contribution >= 0.6 is 0 Å². The van der Waals surface area contributed by atoms with Crippen molar-refractivity contribution in [2.24, 2.45) is 7.05 Å². The van der Waals surface area contributed by atoms with E-state index in [1.807, 2.05) is 0 Å². The molecule has 0 saturated carbocycles. The van der Waals surface area contributed by atoms with E-state index in [1.165, 1.54) is 18.9 Å². The summed E-state index contributed by atoms with van der Waals surface area (Å²) in [7, 11) is 1.71. The van der Waals surface area contributed by atoms with Gasteiger partial charge < -0.3 is 14.8 Å². The van der Waals surface area contributed by atoms with E-state index in [0.717, 1.165) is 18.2 Å². The Bertz CT molecular complexity index is 1070. The number of amides is 1. The third kappa shape index (κ3) is 3.78. The summed E-state index contributed by atoms with van der Waals surface area (Å²) in [6.07, 6.45) is 3.41. The molecule has 1 aliphatic heterocycles. The molecule has 4 rings (SSSR count). The van der Waals surface area contributed by atoms with Crippen molar-refractivity contribution in [2.75, 3.05) is 23.3 Å². The summed E-state index contributed by atoms with van der Waals surface area (Å²) in [6.45, 7) is 0.449. The third-order valence-corrected chi connectivity index (χ3v) is 4.62. The molecule has 1 N–H and O–H groups in total. The van der Waals surface area contributed by atoms with E-state index in [0.29, 0.717) is 13.0 Å². The number of imidazole rings is 1. The summed E-state index contributed by atoms with van der Waals surface area (Å²) < 4.78 is 43.6. The zero-order valence-corrected chi connectivity index (χ0v) is 15.4. The van der Waals surface area contributed by atoms with Crippen LogP contribution in [0.3, 0.4) is 0 Å². The largest absolute Gasteiger partial charge is 0.352 e. The number of carbonyl (C=O) groups is 1. The van der Waals surface area contributed by atoms with E-state index in [4.69, 9.17) is 0 Å². The number of benzene rings is 1. The number of nitrogens with zero attached hydrogens (tertiary/aromatic N) is 5. The first-order valence-electron chi connectivity index (χ1n) is 8.91. The topological polar surface area (TPSA) is 75.9 Å². The Morgan fingerprint density at radius 1 is 1.24 bits per heavy atom. The SMILES string of the molecule is Cn1cnc(C(=O)Nc2c(-c3cc(F)ccc3F)ncnc2N2CCC(F)C2)c1. The second-order valence-corrected chi connectivity index (χ2v) is 6.76. The van der Waals surface area contributed by atoms with Crippen LogP contribution in [-0.2, 0) is 7.05 Å². The predicted octanol–water partition coefficient (Wildman–Crippen LogP) is 2.96. The van der Waals surface area contributed by atoms with Crippen molar-refractivity contribution in [1.82, 2.24) is 19.5 Å². The lowest BCUT2D eigenvalue weighted by atomic mass is 10.1. The Hall–Kier alpha value is -3.43. The number of anilines is 2. The first kappa shape index (κ1) is 18.9. The lowest BCUT2D eigenvalue weighted by Gasteiger charge is -2.21. The van der Waals surface area contributed by atoms with E-state index in [9.17, 15) is 18.0 Å². The van der Waals surface area contributed by atoms with Crippen LogP contribution in [-0.4, -0.2) is 44.7 Å². The average Bonchev–Trinajstić information content (AvgIpc) is 3.32. The molecule has 3 heterocycles. The Balaban J connectivity index is 1.82. The van der Waals surface area contributed by atoms with Crippen LogP contribution in [0.1, 0.15) is 16.9 Å². The molecule has 1 unspecified atom stereocenters. The maximum Gasteiger partial charge on any atom is 0.276 e. The van der Waals surface area contributed by atoms with Gasteiger partial charge in [0.1, 0.15) is 41.2 Å². The van der Waals surface area contributed by atoms with Gasteiger partial charge in [-0.25, -0.2) is 28.1 Å². The van der Waals surface area contributed by atoms with Crippen LogP contribution in [0.2, 0.25) is 0 Å². The minimum Gasteiger partial charge on any atom is -0.352 e. The zero-order valence-electron chi connectivity index (χ0n) is 15.4. The fraction of sp³-hybridized carbons (Fsp3) is 0.263. The van der Waals surface area contributed by atoms with Crippen molar-refractivity contribution in [3.05, 3.63) is 54.4 Å². The molecule has 3 aromatic rings. The minimum absolute atomic E-state index is 0.00131. The van der Waals surface area contributed by atoms with Gasteiger partial charge in [0.15, 0.2) is 5.82 Å². The number of rotatable bonds is 4. The summed E-state index contributed by atoms with van der Waals surface area (Å²) in [5, 5.41) is 2.65. The highest BCUT2D eigenvalue weighted by Gasteiger charge is 2.28. The number of aryl methyl sites for hydroxylation is 1. The van der Waals surface area contributed by atoms with Gasteiger partial charge >= 0.3 is 0 Å². The minimum atomic E-state index is -1.04. The molecule has 1 amide bonds. The van der Waals surface area contributed by atoms with E-state index in [2.05, 4.69) is 20.3 Å². The standard InChI is InChI=1S/C19H17F3N6O/c1-27-8-15(25-10-27)19(29)26-17-16(13-6-11(20)2-3-14(13)22)23-9-24-18(17)28-5-4-12(21)7-28/h2-3,6,8-10,12H,4-5,7H2,1H3,(H,26,29). The van der Waals surface area contributed by atoms with Gasteiger partial charge in [-0.2, -0.15) is 0 Å². The van der Waals surface area contributed by atoms with E-state index in [-0.39, 0.29) is 35.0 Å². The van der Waals surface area contributed by atoms with E-state index < -0.39 is 23.7 Å². The maximum atomic E-state index is 14.4. The van der Waals surface area contributed by atoms with Gasteiger partial charge in [0, 0.05) is 25.4 Å². The summed E-state index contributed by atoms with van der Waals surface area (Å²) in [4.78, 5) is 26.6. The molecule has 0 spiro atoms. The number of nitrogens with one attached hydrogen (secondary N) is 1. The molecule has 1 atom stereocenters. The monoisotopic (exact) mass is 402 g/mol. The number of aromatic nitrogens is 4. The average molecular weight is 402 g/mol. The van der Waals surface area contributed by atoms with Gasteiger partial charge in [-0.05, 0) is 24.6 Å². The molecule has 7 nitrogen and oxygen atoms in total. The molecule has 10 heteroatoms. The number of hydrogen-bond acceptors (Lipinski definition) is 5. The van der Waals surface area contributed by atoms with Crippen LogP contribution in [0, 0.1) is 11.6 Å². The van der Waals surface area contributed by atoms with Crippen molar-refractivity contribution < 1.29 is 18.0 Å². The van der Waals surface area contributed by atoms with Crippen molar-refractivity contribution >= 4 is 17.4 Å². The first-order chi connectivity index (χ1) is 13.9. The summed E-state index contributed by atoms with van der Waals surface area (Å²) in [5.41, 5.74) is 0.0547. The predicted molar refractivity (Wildman–Crippen MR) is 100 cm³/mol. The molecule has 1 fully saturated rings. The second kappa shape index (κ2) is 7.53. The van der Waals surface area contributed by atoms with E-state index >= 15 is 0 Å². The summed E-state index contributed by atoms with van der Waals surface area (Å²) in [5.74, 6) is -1.71. The molecule has 0 aliphatic carbocycles. The highest BCUT2D eigenvalue weighted by atomic mass is 19.1. The lowest BCUT2D eigenvalue weighted by molar-refractivity contribution is 0.102. The molecule has 0 radical (unpaired) electrons. The normalized spacial score (nSPS) is 16.3. The van der Waals surface area contributed by atoms with E-state index in [1.54, 1.807) is 16.5 Å². The first-order valence-corrected chi connectivity index (χ1v) is 8.91. The summed E-state index contributed by atoms with van der Waals surface area (Å²) in [6, 6.07) is 2.95. The molecule has 0 bridgehead atoms. The third-order valence-electron chi connectivity index (χ3n) is 4.62. The number of hydrogen-bond donors (Lipinski definition) is 1. The van der Waals surface area contributed by atoms with Crippen LogP contribution in [0.25, 0.3) is 11.3 Å². The Labute approximate surface area is 164 Å². The van der Waals surface area contributed by atoms with Gasteiger partial charge in [0.05, 0.1) is 12.9 Å². The van der Waals surface area contributed by atoms with Gasteiger partial charge in [-0.1, -0.05) is 0 Å². The molecule has 29 heavy (non-hydrogen) atoms. The smallest absolute Gasteiger partial charge is 0.276 e. The molecule has 1 aliphatic rings. The quantitative estimate of drug-likeness (QED) is 0.726. The number of alkyl halides is 1. The molecule has 1 aromatic carbocycles. The van der Waals surface area contributed by atoms with Crippen LogP contribution in [0.4, 0.5) is 24.7 Å². The Morgan fingerprint density at radius 3 is 2.76 bits per heavy atom. The van der Waals surface area contributed by atoms with Gasteiger partial charge in [-0.3, -0.25) is 4.79 Å². The molecular weight excluding hydrogens is 385 g/mol. The maximum absolute atomic E-state index is 14.4. The Morgan fingerprint density at radius 2 is 2.07 bits per heavy atom. The van der Waals surface area contributed by atoms with Gasteiger partial charge in [0.2, 0.25) is 0 Å². The van der Waals surface area contributed by atoms with Crippen LogP contribution in [0.15, 0.2) is 37.1 Å². The molecular formula is C19H17F3N6O. The highest BCUT2D eigenvalue weighted by Crippen LogP contribution is 2.36. The van der Waals surface area contributed by atoms with Crippen LogP contribution in [0.5, 0.6) is 0 Å². The molecule has 150 valence electrons. The van der Waals surface area contributed by atoms with Gasteiger partial charge in [0.25, 0.3) is 5.91 Å². The lowest BCUT2D eigenvalue weighted by Crippen LogP contribution is -2.25. The Kier molecular flexibility index (Phi) is 4.91. The fourth-order valence-electron chi connectivity index (χ4n) is 3.23. The summed E-state index contributed by atoms with van der Waals surface area (Å²) >= 11 is 0.